The number of hydrogen-bond acceptors (Lipinski definition) is 3. The van der Waals surface area contributed by atoms with Gasteiger partial charge in [-0.25, -0.2) is 4.79 Å². The summed E-state index contributed by atoms with van der Waals surface area (Å²) in [5.74, 6) is 0.0710. The molecular formula is C7H13CaCl3N2O2. The number of halogens is 3. The molecule has 0 aromatic rings. The molecule has 0 N–H and O–H groups in total. The molecule has 15 heavy (non-hydrogen) atoms. The summed E-state index contributed by atoms with van der Waals surface area (Å²) in [6.45, 7) is 3.71. The molecule has 0 saturated carbocycles. The van der Waals surface area contributed by atoms with Crippen LogP contribution in [0.15, 0.2) is 5.16 Å². The van der Waals surface area contributed by atoms with Gasteiger partial charge in [0.05, 0.1) is 0 Å². The van der Waals surface area contributed by atoms with E-state index in [9.17, 15) is 4.79 Å². The summed E-state index contributed by atoms with van der Waals surface area (Å²) in [5, 5.41) is 3.72. The van der Waals surface area contributed by atoms with Crippen LogP contribution in [0.2, 0.25) is 0 Å². The number of hydrogen-bond donors (Lipinski definition) is 0. The zero-order chi connectivity index (χ0) is 9.72. The second kappa shape index (κ2) is 13.1. The Morgan fingerprint density at radius 1 is 1.33 bits per heavy atom. The molecule has 0 atom stereocenters. The maximum absolute atomic E-state index is 10.8. The number of oxime groups is 1. The first kappa shape index (κ1) is 25.1. The minimum atomic E-state index is -0.534. The van der Waals surface area contributed by atoms with Gasteiger partial charge in [-0.2, -0.15) is 0 Å². The summed E-state index contributed by atoms with van der Waals surface area (Å²) in [6.07, 6.45) is -0.534. The molecule has 0 aliphatic carbocycles. The topological polar surface area (TPSA) is 41.9 Å². The van der Waals surface area contributed by atoms with Crippen molar-refractivity contribution in [2.45, 2.75) is 13.8 Å². The first-order valence-corrected chi connectivity index (χ1v) is 3.94. The van der Waals surface area contributed by atoms with Crippen LogP contribution in [-0.2, 0) is 4.84 Å². The fraction of sp³-hybridized carbons (Fsp3) is 0.714. The van der Waals surface area contributed by atoms with E-state index in [0.29, 0.717) is 0 Å². The maximum atomic E-state index is 10.8. The van der Waals surface area contributed by atoms with Crippen LogP contribution in [0, 0.1) is 5.92 Å². The Bertz CT molecular complexity index is 201. The van der Waals surface area contributed by atoms with Crippen LogP contribution in [0.5, 0.6) is 0 Å². The van der Waals surface area contributed by atoms with Gasteiger partial charge in [-0.15, -0.1) is 0 Å². The second-order valence-corrected chi connectivity index (χ2v) is 3.21. The van der Waals surface area contributed by atoms with Gasteiger partial charge in [-0.3, -0.25) is 4.84 Å². The molecule has 0 aromatic heterocycles. The van der Waals surface area contributed by atoms with Crippen molar-refractivity contribution in [3.05, 3.63) is 0 Å². The predicted molar refractivity (Wildman–Crippen MR) is 54.0 cm³/mol. The molecule has 0 aliphatic heterocycles. The zero-order valence-corrected chi connectivity index (χ0v) is 13.6. The minimum Gasteiger partial charge on any atom is -1.00 e. The van der Waals surface area contributed by atoms with Gasteiger partial charge < -0.3 is 29.7 Å². The zero-order valence-electron chi connectivity index (χ0n) is 9.13. The molecule has 0 fully saturated rings. The van der Waals surface area contributed by atoms with Crippen LogP contribution in [-0.4, -0.2) is 68.0 Å². The summed E-state index contributed by atoms with van der Waals surface area (Å²) in [6, 6.07) is 0. The van der Waals surface area contributed by atoms with E-state index in [1.807, 2.05) is 13.8 Å². The molecule has 4 nitrogen and oxygen atoms in total. The van der Waals surface area contributed by atoms with Crippen molar-refractivity contribution in [3.8, 4) is 0 Å². The van der Waals surface area contributed by atoms with E-state index < -0.39 is 6.09 Å². The first-order chi connectivity index (χ1) is 5.45. The van der Waals surface area contributed by atoms with Crippen molar-refractivity contribution in [1.82, 2.24) is 4.90 Å². The molecule has 1 amide bonds. The minimum absolute atomic E-state index is 0. The monoisotopic (exact) mass is 302 g/mol. The molecule has 0 spiro atoms. The van der Waals surface area contributed by atoms with Crippen LogP contribution in [0.25, 0.3) is 0 Å². The normalized spacial score (nSPS) is 9.33. The third-order valence-electron chi connectivity index (χ3n) is 1.05. The third-order valence-corrected chi connectivity index (χ3v) is 1.56. The van der Waals surface area contributed by atoms with Crippen LogP contribution < -0.4 is 24.8 Å². The summed E-state index contributed by atoms with van der Waals surface area (Å²) >= 11 is 5.62. The SMILES string of the molecule is CC(C)/C(Cl)=N/OC(=O)N(C)C.[Ca+2].[Cl-].[Cl-]. The molecule has 86 valence electrons. The fourth-order valence-corrected chi connectivity index (χ4v) is 0.304. The average Bonchev–Trinajstić information content (AvgIpc) is 1.98. The summed E-state index contributed by atoms with van der Waals surface area (Å²) < 4.78 is 0. The van der Waals surface area contributed by atoms with E-state index in [0.717, 1.165) is 0 Å². The quantitative estimate of drug-likeness (QED) is 0.223. The molecule has 0 bridgehead atoms. The van der Waals surface area contributed by atoms with E-state index in [2.05, 4.69) is 9.99 Å². The van der Waals surface area contributed by atoms with Crippen LogP contribution >= 0.6 is 11.6 Å². The van der Waals surface area contributed by atoms with Gasteiger partial charge in [0.25, 0.3) is 0 Å². The number of amides is 1. The molecular weight excluding hydrogens is 291 g/mol. The van der Waals surface area contributed by atoms with Gasteiger partial charge in [0.15, 0.2) is 0 Å². The Labute approximate surface area is 138 Å². The standard InChI is InChI=1S/C7H13ClN2O2.Ca.2ClH/c1-5(2)6(8)9-12-7(11)10(3)4;;;/h5H,1-4H3;;2*1H/q;+2;;/p-2/b9-6-;;;. The Hall–Kier alpha value is 1.07. The van der Waals surface area contributed by atoms with Gasteiger partial charge >= 0.3 is 43.8 Å². The van der Waals surface area contributed by atoms with Gasteiger partial charge in [0.2, 0.25) is 0 Å². The molecule has 8 heteroatoms. The first-order valence-electron chi connectivity index (χ1n) is 3.56. The van der Waals surface area contributed by atoms with Gasteiger partial charge in [0, 0.05) is 20.0 Å². The molecule has 0 heterocycles. The van der Waals surface area contributed by atoms with Crippen LogP contribution in [0.4, 0.5) is 4.79 Å². The molecule has 0 aromatic carbocycles. The Balaban J connectivity index is -0.000000202. The van der Waals surface area contributed by atoms with Crippen molar-refractivity contribution < 1.29 is 34.4 Å². The molecule has 0 radical (unpaired) electrons. The number of nitrogens with zero attached hydrogens (tertiary/aromatic N) is 2. The smallest absolute Gasteiger partial charge is 1.00 e. The third kappa shape index (κ3) is 13.0. The van der Waals surface area contributed by atoms with E-state index >= 15 is 0 Å². The predicted octanol–water partition coefficient (Wildman–Crippen LogP) is -4.48. The van der Waals surface area contributed by atoms with E-state index in [4.69, 9.17) is 11.6 Å². The molecule has 0 aliphatic rings. The van der Waals surface area contributed by atoms with Gasteiger partial charge in [-0.1, -0.05) is 30.6 Å². The number of carbonyl (C=O) groups is 1. The summed E-state index contributed by atoms with van der Waals surface area (Å²) in [5.41, 5.74) is 0. The largest absolute Gasteiger partial charge is 2.00 e. The molecule has 0 saturated heterocycles. The second-order valence-electron chi connectivity index (χ2n) is 2.82. The van der Waals surface area contributed by atoms with Crippen molar-refractivity contribution in [1.29, 1.82) is 0 Å². The van der Waals surface area contributed by atoms with Gasteiger partial charge in [-0.05, 0) is 0 Å². The van der Waals surface area contributed by atoms with Crippen molar-refractivity contribution in [2.75, 3.05) is 14.1 Å². The van der Waals surface area contributed by atoms with Gasteiger partial charge in [0.1, 0.15) is 5.17 Å². The fourth-order valence-electron chi connectivity index (χ4n) is 0.270. The molecule has 0 unspecified atom stereocenters. The molecule has 0 rings (SSSR count). The van der Waals surface area contributed by atoms with E-state index in [1.165, 1.54) is 4.90 Å². The Morgan fingerprint density at radius 3 is 2.00 bits per heavy atom. The Kier molecular flexibility index (Phi) is 21.9. The summed E-state index contributed by atoms with van der Waals surface area (Å²) in [4.78, 5) is 16.5. The average molecular weight is 304 g/mol. The van der Waals surface area contributed by atoms with Crippen molar-refractivity contribution in [3.63, 3.8) is 0 Å². The number of rotatable bonds is 2. The van der Waals surface area contributed by atoms with Crippen molar-refractivity contribution >= 4 is 60.6 Å². The van der Waals surface area contributed by atoms with E-state index in [1.54, 1.807) is 14.1 Å². The Morgan fingerprint density at radius 2 is 1.73 bits per heavy atom. The maximum Gasteiger partial charge on any atom is 2.00 e. The number of carbonyl (C=O) groups excluding carboxylic acids is 1. The van der Waals surface area contributed by atoms with E-state index in [-0.39, 0.29) is 73.6 Å². The van der Waals surface area contributed by atoms with Crippen LogP contribution in [0.3, 0.4) is 0 Å². The summed E-state index contributed by atoms with van der Waals surface area (Å²) in [7, 11) is 3.14. The van der Waals surface area contributed by atoms with Crippen molar-refractivity contribution in [2.24, 2.45) is 11.1 Å². The van der Waals surface area contributed by atoms with Crippen LogP contribution in [0.1, 0.15) is 13.8 Å².